The second-order valence-corrected chi connectivity index (χ2v) is 7.00. The third kappa shape index (κ3) is 3.61. The zero-order valence-corrected chi connectivity index (χ0v) is 14.6. The minimum atomic E-state index is 0.637. The van der Waals surface area contributed by atoms with Crippen LogP contribution in [0.3, 0.4) is 0 Å². The highest BCUT2D eigenvalue weighted by Crippen LogP contribution is 2.24. The van der Waals surface area contributed by atoms with Crippen molar-refractivity contribution >= 4 is 0 Å². The van der Waals surface area contributed by atoms with Crippen LogP contribution in [-0.4, -0.2) is 44.2 Å². The molecule has 1 N–H and O–H groups in total. The largest absolute Gasteiger partial charge is 0.301 e. The van der Waals surface area contributed by atoms with E-state index < -0.39 is 0 Å². The summed E-state index contributed by atoms with van der Waals surface area (Å²) < 4.78 is 0. The van der Waals surface area contributed by atoms with Gasteiger partial charge in [0.05, 0.1) is 23.3 Å². The lowest BCUT2D eigenvalue weighted by atomic mass is 9.93. The van der Waals surface area contributed by atoms with Gasteiger partial charge in [0.2, 0.25) is 0 Å². The zero-order chi connectivity index (χ0) is 16.4. The Hall–Kier alpha value is -1.75. The molecular weight excluding hydrogens is 286 g/mol. The highest BCUT2D eigenvalue weighted by atomic mass is 15.2. The maximum Gasteiger partial charge on any atom is 0.0922 e. The number of rotatable bonds is 4. The standard InChI is InChI=1S/C18H27N5/c1-12(2)23-7-5-6-15(11-23)8-16-9-20-17(10-19-16)18-13(3)21-22-14(18)4/h9-10,12,15H,5-8,11H2,1-4H3,(H,21,22)/t15-/m0/s1. The van der Waals surface area contributed by atoms with Crippen molar-refractivity contribution < 1.29 is 0 Å². The molecule has 3 rings (SSSR count). The molecule has 0 unspecified atom stereocenters. The normalized spacial score (nSPS) is 19.4. The number of aryl methyl sites for hydroxylation is 2. The summed E-state index contributed by atoms with van der Waals surface area (Å²) in [5, 5.41) is 7.24. The quantitative estimate of drug-likeness (QED) is 0.942. The average Bonchev–Trinajstić information content (AvgIpc) is 2.87. The van der Waals surface area contributed by atoms with Crippen molar-refractivity contribution in [3.63, 3.8) is 0 Å². The number of hydrogen-bond donors (Lipinski definition) is 1. The Bertz CT molecular complexity index is 624. The minimum absolute atomic E-state index is 0.637. The summed E-state index contributed by atoms with van der Waals surface area (Å²) in [6, 6.07) is 0.637. The van der Waals surface area contributed by atoms with Gasteiger partial charge in [0.1, 0.15) is 0 Å². The summed E-state index contributed by atoms with van der Waals surface area (Å²) in [5.74, 6) is 0.698. The molecule has 0 bridgehead atoms. The van der Waals surface area contributed by atoms with Gasteiger partial charge >= 0.3 is 0 Å². The number of aromatic nitrogens is 4. The van der Waals surface area contributed by atoms with Crippen LogP contribution in [0.25, 0.3) is 11.3 Å². The van der Waals surface area contributed by atoms with E-state index in [1.54, 1.807) is 0 Å². The summed E-state index contributed by atoms with van der Waals surface area (Å²) in [6.07, 6.45) is 7.45. The molecule has 5 nitrogen and oxygen atoms in total. The van der Waals surface area contributed by atoms with Gasteiger partial charge in [-0.05, 0) is 59.4 Å². The van der Waals surface area contributed by atoms with Crippen LogP contribution in [0.15, 0.2) is 12.4 Å². The number of likely N-dealkylation sites (tertiary alicyclic amines) is 1. The molecule has 1 aliphatic rings. The number of hydrogen-bond acceptors (Lipinski definition) is 4. The maximum atomic E-state index is 4.66. The summed E-state index contributed by atoms with van der Waals surface area (Å²) in [6.45, 7) is 11.0. The average molecular weight is 313 g/mol. The summed E-state index contributed by atoms with van der Waals surface area (Å²) in [4.78, 5) is 11.9. The molecule has 1 atom stereocenters. The van der Waals surface area contributed by atoms with Crippen LogP contribution < -0.4 is 0 Å². The van der Waals surface area contributed by atoms with Gasteiger partial charge in [0.25, 0.3) is 0 Å². The first-order chi connectivity index (χ1) is 11.0. The number of piperidine rings is 1. The van der Waals surface area contributed by atoms with Crippen molar-refractivity contribution in [2.75, 3.05) is 13.1 Å². The second-order valence-electron chi connectivity index (χ2n) is 7.00. The van der Waals surface area contributed by atoms with Crippen LogP contribution in [0, 0.1) is 19.8 Å². The minimum Gasteiger partial charge on any atom is -0.301 e. The molecule has 2 aromatic rings. The molecule has 0 aliphatic carbocycles. The van der Waals surface area contributed by atoms with Crippen LogP contribution in [0.5, 0.6) is 0 Å². The van der Waals surface area contributed by atoms with Gasteiger partial charge in [-0.25, -0.2) is 0 Å². The number of H-pyrrole nitrogens is 1. The molecular formula is C18H27N5. The third-order valence-corrected chi connectivity index (χ3v) is 4.87. The van der Waals surface area contributed by atoms with E-state index in [9.17, 15) is 0 Å². The molecule has 0 saturated carbocycles. The molecule has 5 heteroatoms. The highest BCUT2D eigenvalue weighted by molar-refractivity contribution is 5.63. The fraction of sp³-hybridized carbons (Fsp3) is 0.611. The van der Waals surface area contributed by atoms with Crippen LogP contribution in [-0.2, 0) is 6.42 Å². The Kier molecular flexibility index (Phi) is 4.76. The molecule has 1 aliphatic heterocycles. The van der Waals surface area contributed by atoms with Gasteiger partial charge in [-0.3, -0.25) is 15.1 Å². The van der Waals surface area contributed by atoms with Crippen molar-refractivity contribution in [2.45, 2.75) is 53.0 Å². The van der Waals surface area contributed by atoms with Crippen LogP contribution >= 0.6 is 0 Å². The first kappa shape index (κ1) is 16.1. The highest BCUT2D eigenvalue weighted by Gasteiger charge is 2.22. The monoisotopic (exact) mass is 313 g/mol. The number of nitrogens with one attached hydrogen (secondary N) is 1. The summed E-state index contributed by atoms with van der Waals surface area (Å²) in [5.41, 5.74) is 5.11. The van der Waals surface area contributed by atoms with Gasteiger partial charge < -0.3 is 4.90 Å². The third-order valence-electron chi connectivity index (χ3n) is 4.87. The predicted molar refractivity (Wildman–Crippen MR) is 92.2 cm³/mol. The van der Waals surface area contributed by atoms with E-state index in [4.69, 9.17) is 0 Å². The molecule has 0 spiro atoms. The van der Waals surface area contributed by atoms with E-state index in [0.29, 0.717) is 12.0 Å². The van der Waals surface area contributed by atoms with Crippen molar-refractivity contribution in [1.29, 1.82) is 0 Å². The van der Waals surface area contributed by atoms with E-state index in [2.05, 4.69) is 38.9 Å². The molecule has 0 aromatic carbocycles. The van der Waals surface area contributed by atoms with E-state index in [0.717, 1.165) is 34.8 Å². The molecule has 3 heterocycles. The van der Waals surface area contributed by atoms with Crippen LogP contribution in [0.4, 0.5) is 0 Å². The van der Waals surface area contributed by atoms with Gasteiger partial charge in [0, 0.05) is 30.0 Å². The van der Waals surface area contributed by atoms with E-state index in [1.807, 2.05) is 26.2 Å². The number of nitrogens with zero attached hydrogens (tertiary/aromatic N) is 4. The van der Waals surface area contributed by atoms with Gasteiger partial charge in [-0.2, -0.15) is 5.10 Å². The lowest BCUT2D eigenvalue weighted by Gasteiger charge is -2.35. The molecule has 0 radical (unpaired) electrons. The smallest absolute Gasteiger partial charge is 0.0922 e. The van der Waals surface area contributed by atoms with E-state index in [-0.39, 0.29) is 0 Å². The first-order valence-corrected chi connectivity index (χ1v) is 8.61. The zero-order valence-electron chi connectivity index (χ0n) is 14.6. The van der Waals surface area contributed by atoms with Crippen LogP contribution in [0.2, 0.25) is 0 Å². The Balaban J connectivity index is 1.68. The van der Waals surface area contributed by atoms with Crippen LogP contribution in [0.1, 0.15) is 43.8 Å². The van der Waals surface area contributed by atoms with E-state index in [1.165, 1.54) is 25.9 Å². The van der Waals surface area contributed by atoms with Crippen molar-refractivity contribution in [1.82, 2.24) is 25.1 Å². The fourth-order valence-corrected chi connectivity index (χ4v) is 3.55. The molecule has 1 fully saturated rings. The predicted octanol–water partition coefficient (Wildman–Crippen LogP) is 3.15. The Morgan fingerprint density at radius 2 is 2.09 bits per heavy atom. The van der Waals surface area contributed by atoms with Crippen molar-refractivity contribution in [3.05, 3.63) is 29.5 Å². The summed E-state index contributed by atoms with van der Waals surface area (Å²) in [7, 11) is 0. The lowest BCUT2D eigenvalue weighted by Crippen LogP contribution is -2.40. The van der Waals surface area contributed by atoms with Gasteiger partial charge in [-0.1, -0.05) is 0 Å². The molecule has 1 saturated heterocycles. The molecule has 2 aromatic heterocycles. The number of aromatic amines is 1. The van der Waals surface area contributed by atoms with Gasteiger partial charge in [-0.15, -0.1) is 0 Å². The topological polar surface area (TPSA) is 57.7 Å². The van der Waals surface area contributed by atoms with Gasteiger partial charge in [0.15, 0.2) is 0 Å². The molecule has 0 amide bonds. The maximum absolute atomic E-state index is 4.66. The van der Waals surface area contributed by atoms with E-state index >= 15 is 0 Å². The second kappa shape index (κ2) is 6.79. The van der Waals surface area contributed by atoms with Crippen molar-refractivity contribution in [3.8, 4) is 11.3 Å². The molecule has 124 valence electrons. The Morgan fingerprint density at radius 1 is 1.26 bits per heavy atom. The first-order valence-electron chi connectivity index (χ1n) is 8.61. The fourth-order valence-electron chi connectivity index (χ4n) is 3.55. The SMILES string of the molecule is Cc1n[nH]c(C)c1-c1cnc(C[C@@H]2CCCN(C(C)C)C2)cn1. The summed E-state index contributed by atoms with van der Waals surface area (Å²) >= 11 is 0. The Morgan fingerprint density at radius 3 is 2.70 bits per heavy atom. The van der Waals surface area contributed by atoms with Crippen molar-refractivity contribution in [2.24, 2.45) is 5.92 Å². The Labute approximate surface area is 138 Å². The molecule has 23 heavy (non-hydrogen) atoms. The lowest BCUT2D eigenvalue weighted by molar-refractivity contribution is 0.139.